The molecule has 0 saturated carbocycles. The van der Waals surface area contributed by atoms with Crippen LogP contribution in [0.4, 0.5) is 24.8 Å². The molecule has 0 amide bonds. The second kappa shape index (κ2) is 8.41. The number of nitrogens with zero attached hydrogens (tertiary/aromatic N) is 4. The fraction of sp³-hybridized carbons (Fsp3) is 0.350. The van der Waals surface area contributed by atoms with Crippen LogP contribution in [-0.2, 0) is 22.2 Å². The first-order valence-electron chi connectivity index (χ1n) is 9.38. The highest BCUT2D eigenvalue weighted by molar-refractivity contribution is 5.70. The van der Waals surface area contributed by atoms with Gasteiger partial charge < -0.3 is 14.8 Å². The van der Waals surface area contributed by atoms with E-state index in [-0.39, 0.29) is 12.1 Å². The predicted molar refractivity (Wildman–Crippen MR) is 103 cm³/mol. The van der Waals surface area contributed by atoms with Crippen molar-refractivity contribution in [2.75, 3.05) is 25.1 Å². The van der Waals surface area contributed by atoms with Crippen molar-refractivity contribution < 1.29 is 22.6 Å². The summed E-state index contributed by atoms with van der Waals surface area (Å²) in [6.45, 7) is 4.19. The second-order valence-electron chi connectivity index (χ2n) is 6.99. The summed E-state index contributed by atoms with van der Waals surface area (Å²) in [5.74, 6) is -0.119. The van der Waals surface area contributed by atoms with E-state index >= 15 is 0 Å². The Morgan fingerprint density at radius 3 is 2.83 bits per heavy atom. The van der Waals surface area contributed by atoms with Gasteiger partial charge in [-0.1, -0.05) is 6.07 Å². The van der Waals surface area contributed by atoms with Gasteiger partial charge in [0.25, 0.3) is 0 Å². The maximum Gasteiger partial charge on any atom is 0.433 e. The van der Waals surface area contributed by atoms with Gasteiger partial charge in [0.15, 0.2) is 0 Å². The largest absolute Gasteiger partial charge is 0.433 e. The molecule has 1 saturated heterocycles. The molecule has 1 N–H and O–H groups in total. The molecule has 158 valence electrons. The lowest BCUT2D eigenvalue weighted by Crippen LogP contribution is -2.32. The van der Waals surface area contributed by atoms with E-state index < -0.39 is 11.9 Å². The quantitative estimate of drug-likeness (QED) is 0.678. The highest BCUT2D eigenvalue weighted by Gasteiger charge is 2.32. The van der Waals surface area contributed by atoms with Crippen LogP contribution in [0.2, 0.25) is 0 Å². The fourth-order valence-corrected chi connectivity index (χ4v) is 3.19. The lowest BCUT2D eigenvalue weighted by atomic mass is 10.1. The summed E-state index contributed by atoms with van der Waals surface area (Å²) in [6, 6.07) is 6.44. The molecule has 10 heteroatoms. The molecule has 7 nitrogen and oxygen atoms in total. The maximum absolute atomic E-state index is 12.9. The van der Waals surface area contributed by atoms with Gasteiger partial charge in [-0.2, -0.15) is 18.3 Å². The van der Waals surface area contributed by atoms with Crippen LogP contribution in [0.25, 0.3) is 11.1 Å². The predicted octanol–water partition coefficient (Wildman–Crippen LogP) is 3.83. The summed E-state index contributed by atoms with van der Waals surface area (Å²) in [7, 11) is 0. The highest BCUT2D eigenvalue weighted by Crippen LogP contribution is 2.29. The molecule has 1 aromatic carbocycles. The van der Waals surface area contributed by atoms with Gasteiger partial charge in [0.1, 0.15) is 11.8 Å². The Labute approximate surface area is 170 Å². The Morgan fingerprint density at radius 2 is 2.07 bits per heavy atom. The lowest BCUT2D eigenvalue weighted by Gasteiger charge is -2.22. The van der Waals surface area contributed by atoms with E-state index in [9.17, 15) is 13.2 Å². The minimum atomic E-state index is -4.53. The summed E-state index contributed by atoms with van der Waals surface area (Å²) >= 11 is 0. The fourth-order valence-electron chi connectivity index (χ4n) is 3.19. The summed E-state index contributed by atoms with van der Waals surface area (Å²) in [6.07, 6.45) is 0.147. The van der Waals surface area contributed by atoms with Crippen molar-refractivity contribution in [3.05, 3.63) is 54.1 Å². The molecular formula is C20H20F3N5O2. The molecule has 0 bridgehead atoms. The summed E-state index contributed by atoms with van der Waals surface area (Å²) in [4.78, 5) is 7.44. The number of ether oxygens (including phenoxy) is 2. The summed E-state index contributed by atoms with van der Waals surface area (Å²) in [5, 5.41) is 7.23. The zero-order valence-electron chi connectivity index (χ0n) is 16.2. The molecule has 1 atom stereocenters. The number of hydrogen-bond acceptors (Lipinski definition) is 6. The Hall–Kier alpha value is -2.98. The molecule has 3 heterocycles. The molecular weight excluding hydrogens is 399 g/mol. The van der Waals surface area contributed by atoms with Gasteiger partial charge >= 0.3 is 6.18 Å². The molecule has 30 heavy (non-hydrogen) atoms. The van der Waals surface area contributed by atoms with E-state index in [1.807, 2.05) is 31.3 Å². The first-order valence-corrected chi connectivity index (χ1v) is 9.38. The van der Waals surface area contributed by atoms with Crippen LogP contribution < -0.4 is 5.32 Å². The highest BCUT2D eigenvalue weighted by atomic mass is 19.4. The average Bonchev–Trinajstić information content (AvgIpc) is 3.16. The number of hydrogen-bond donors (Lipinski definition) is 1. The zero-order chi connectivity index (χ0) is 21.1. The summed E-state index contributed by atoms with van der Waals surface area (Å²) in [5.41, 5.74) is 2.27. The number of alkyl halides is 3. The standard InChI is InChI=1S/C20H20F3N5O2/c1-13-6-14(15-9-25-28(10-15)11-17-12-29-4-5-30-17)8-16(7-13)26-19-24-3-2-18(27-19)20(21,22)23/h2-3,6-10,17H,4-5,11-12H2,1H3,(H,24,26,27). The first kappa shape index (κ1) is 20.3. The van der Waals surface area contributed by atoms with Crippen molar-refractivity contribution >= 4 is 11.6 Å². The van der Waals surface area contributed by atoms with Crippen LogP contribution in [-0.4, -0.2) is 45.7 Å². The van der Waals surface area contributed by atoms with Crippen molar-refractivity contribution in [1.29, 1.82) is 0 Å². The average molecular weight is 419 g/mol. The van der Waals surface area contributed by atoms with E-state index in [4.69, 9.17) is 9.47 Å². The molecule has 1 aliphatic rings. The van der Waals surface area contributed by atoms with Crippen LogP contribution in [0.3, 0.4) is 0 Å². The van der Waals surface area contributed by atoms with E-state index in [1.54, 1.807) is 10.9 Å². The number of nitrogens with one attached hydrogen (secondary N) is 1. The number of aryl methyl sites for hydroxylation is 1. The van der Waals surface area contributed by atoms with E-state index in [0.717, 1.165) is 29.0 Å². The number of anilines is 2. The second-order valence-corrected chi connectivity index (χ2v) is 6.99. The molecule has 1 unspecified atom stereocenters. The van der Waals surface area contributed by atoms with E-state index in [1.165, 1.54) is 0 Å². The number of aromatic nitrogens is 4. The summed E-state index contributed by atoms with van der Waals surface area (Å²) < 4.78 is 51.5. The third kappa shape index (κ3) is 4.95. The van der Waals surface area contributed by atoms with Gasteiger partial charge in [0.05, 0.1) is 32.6 Å². The van der Waals surface area contributed by atoms with Crippen LogP contribution in [0.1, 0.15) is 11.3 Å². The van der Waals surface area contributed by atoms with Crippen molar-refractivity contribution in [2.24, 2.45) is 0 Å². The minimum Gasteiger partial charge on any atom is -0.376 e. The van der Waals surface area contributed by atoms with Gasteiger partial charge in [0, 0.05) is 23.6 Å². The zero-order valence-corrected chi connectivity index (χ0v) is 16.2. The van der Waals surface area contributed by atoms with Crippen LogP contribution in [0, 0.1) is 6.92 Å². The molecule has 0 radical (unpaired) electrons. The topological polar surface area (TPSA) is 74.1 Å². The lowest BCUT2D eigenvalue weighted by molar-refractivity contribution is -0.141. The molecule has 0 spiro atoms. The van der Waals surface area contributed by atoms with Crippen LogP contribution >= 0.6 is 0 Å². The normalized spacial score (nSPS) is 17.1. The van der Waals surface area contributed by atoms with E-state index in [2.05, 4.69) is 20.4 Å². The monoisotopic (exact) mass is 419 g/mol. The smallest absolute Gasteiger partial charge is 0.376 e. The van der Waals surface area contributed by atoms with Crippen LogP contribution in [0.5, 0.6) is 0 Å². The third-order valence-corrected chi connectivity index (χ3v) is 4.52. The number of halogens is 3. The molecule has 4 rings (SSSR count). The Bertz CT molecular complexity index is 1020. The Kier molecular flexibility index (Phi) is 5.69. The van der Waals surface area contributed by atoms with Gasteiger partial charge in [-0.3, -0.25) is 4.68 Å². The first-order chi connectivity index (χ1) is 14.4. The molecule has 1 aliphatic heterocycles. The van der Waals surface area contributed by atoms with E-state index in [0.29, 0.717) is 32.1 Å². The molecule has 1 fully saturated rings. The molecule has 3 aromatic rings. The van der Waals surface area contributed by atoms with Gasteiger partial charge in [-0.25, -0.2) is 9.97 Å². The third-order valence-electron chi connectivity index (χ3n) is 4.52. The van der Waals surface area contributed by atoms with Crippen molar-refractivity contribution in [3.63, 3.8) is 0 Å². The van der Waals surface area contributed by atoms with Crippen LogP contribution in [0.15, 0.2) is 42.9 Å². The number of benzene rings is 1. The minimum absolute atomic E-state index is 0.0423. The molecule has 2 aromatic heterocycles. The van der Waals surface area contributed by atoms with Gasteiger partial charge in [-0.05, 0) is 36.2 Å². The SMILES string of the molecule is Cc1cc(Nc2nccc(C(F)(F)F)n2)cc(-c2cnn(CC3COCCO3)c2)c1. The Balaban J connectivity index is 1.52. The molecule has 0 aliphatic carbocycles. The van der Waals surface area contributed by atoms with Gasteiger partial charge in [0.2, 0.25) is 5.95 Å². The van der Waals surface area contributed by atoms with Crippen molar-refractivity contribution in [1.82, 2.24) is 19.7 Å². The maximum atomic E-state index is 12.9. The van der Waals surface area contributed by atoms with Crippen molar-refractivity contribution in [2.45, 2.75) is 25.7 Å². The number of rotatable bonds is 5. The Morgan fingerprint density at radius 1 is 1.20 bits per heavy atom. The van der Waals surface area contributed by atoms with Gasteiger partial charge in [-0.15, -0.1) is 0 Å². The van der Waals surface area contributed by atoms with Crippen molar-refractivity contribution in [3.8, 4) is 11.1 Å².